The molecule has 0 aliphatic carbocycles. The Kier molecular flexibility index (Phi) is 4.65. The van der Waals surface area contributed by atoms with Crippen molar-refractivity contribution in [3.8, 4) is 22.8 Å². The van der Waals surface area contributed by atoms with Crippen molar-refractivity contribution < 1.29 is 23.6 Å². The van der Waals surface area contributed by atoms with Gasteiger partial charge in [-0.1, -0.05) is 0 Å². The highest BCUT2D eigenvalue weighted by atomic mass is 16.6. The number of fused-ring (bicyclic) bond motifs is 1. The molecule has 4 rings (SSSR count). The first-order valence-corrected chi connectivity index (χ1v) is 9.14. The smallest absolute Gasteiger partial charge is 0.312 e. The Hall–Kier alpha value is -3.88. The number of benzene rings is 1. The van der Waals surface area contributed by atoms with Crippen molar-refractivity contribution in [2.24, 2.45) is 7.05 Å². The SMILES string of the molecule is COc1cc([N+](=O)[O-])ccc1-c1ccc([C@@H]2CC(=O)Oc3cc(C)n(C)c(=O)c32)o1. The Morgan fingerprint density at radius 1 is 1.20 bits per heavy atom. The van der Waals surface area contributed by atoms with E-state index in [0.717, 1.165) is 0 Å². The third-order valence-electron chi connectivity index (χ3n) is 5.24. The minimum Gasteiger partial charge on any atom is -0.496 e. The fourth-order valence-electron chi connectivity index (χ4n) is 3.57. The van der Waals surface area contributed by atoms with Crippen molar-refractivity contribution in [1.82, 2.24) is 4.57 Å². The third-order valence-corrected chi connectivity index (χ3v) is 5.24. The highest BCUT2D eigenvalue weighted by molar-refractivity contribution is 5.77. The molecule has 30 heavy (non-hydrogen) atoms. The zero-order chi connectivity index (χ0) is 21.6. The number of carbonyl (C=O) groups excluding carboxylic acids is 1. The molecule has 9 heteroatoms. The number of nitro groups is 1. The lowest BCUT2D eigenvalue weighted by molar-refractivity contribution is -0.384. The number of nitro benzene ring substituents is 1. The van der Waals surface area contributed by atoms with Gasteiger partial charge in [-0.15, -0.1) is 0 Å². The van der Waals surface area contributed by atoms with E-state index in [-0.39, 0.29) is 29.2 Å². The molecule has 1 aliphatic heterocycles. The molecule has 0 spiro atoms. The van der Waals surface area contributed by atoms with Crippen molar-refractivity contribution in [1.29, 1.82) is 0 Å². The predicted octanol–water partition coefficient (Wildman–Crippen LogP) is 3.31. The van der Waals surface area contributed by atoms with Crippen LogP contribution in [0.15, 0.2) is 45.6 Å². The maximum atomic E-state index is 12.8. The van der Waals surface area contributed by atoms with E-state index in [9.17, 15) is 19.7 Å². The Balaban J connectivity index is 1.80. The van der Waals surface area contributed by atoms with E-state index in [2.05, 4.69) is 0 Å². The van der Waals surface area contributed by atoms with Crippen LogP contribution in [-0.4, -0.2) is 22.6 Å². The molecule has 9 nitrogen and oxygen atoms in total. The Morgan fingerprint density at radius 3 is 2.67 bits per heavy atom. The average molecular weight is 410 g/mol. The molecule has 2 aromatic heterocycles. The minimum atomic E-state index is -0.599. The van der Waals surface area contributed by atoms with Crippen LogP contribution >= 0.6 is 0 Å². The van der Waals surface area contributed by atoms with E-state index in [4.69, 9.17) is 13.9 Å². The van der Waals surface area contributed by atoms with Crippen molar-refractivity contribution >= 4 is 11.7 Å². The molecule has 0 radical (unpaired) electrons. The molecular formula is C21H18N2O7. The summed E-state index contributed by atoms with van der Waals surface area (Å²) >= 11 is 0. The van der Waals surface area contributed by atoms with E-state index in [1.807, 2.05) is 0 Å². The minimum absolute atomic E-state index is 0.0321. The van der Waals surface area contributed by atoms with Crippen LogP contribution in [0.25, 0.3) is 11.3 Å². The van der Waals surface area contributed by atoms with Crippen LogP contribution < -0.4 is 15.0 Å². The van der Waals surface area contributed by atoms with E-state index < -0.39 is 16.8 Å². The molecule has 0 saturated heterocycles. The standard InChI is InChI=1S/C21H18N2O7/c1-11-8-18-20(21(25)22(11)2)14(10-19(24)30-18)16-7-6-15(29-16)13-5-4-12(23(26)27)9-17(13)28-3/h4-9,14H,10H2,1-3H3/t14-/m0/s1. The van der Waals surface area contributed by atoms with Gasteiger partial charge in [0.15, 0.2) is 0 Å². The first kappa shape index (κ1) is 19.4. The highest BCUT2D eigenvalue weighted by Gasteiger charge is 2.34. The number of ether oxygens (including phenoxy) is 2. The van der Waals surface area contributed by atoms with E-state index in [1.54, 1.807) is 32.2 Å². The molecule has 1 aliphatic rings. The Bertz CT molecular complexity index is 1240. The van der Waals surface area contributed by atoms with Crippen LogP contribution in [-0.2, 0) is 11.8 Å². The summed E-state index contributed by atoms with van der Waals surface area (Å²) in [7, 11) is 3.06. The first-order valence-electron chi connectivity index (χ1n) is 9.14. The summed E-state index contributed by atoms with van der Waals surface area (Å²) in [6.45, 7) is 1.75. The number of hydrogen-bond acceptors (Lipinski definition) is 7. The second-order valence-corrected chi connectivity index (χ2v) is 7.00. The van der Waals surface area contributed by atoms with Gasteiger partial charge in [0.05, 0.1) is 41.6 Å². The fraction of sp³-hybridized carbons (Fsp3) is 0.238. The molecule has 1 atom stereocenters. The summed E-state index contributed by atoms with van der Waals surface area (Å²) < 4.78 is 18.0. The zero-order valence-corrected chi connectivity index (χ0v) is 16.5. The van der Waals surface area contributed by atoms with Crippen LogP contribution in [0.3, 0.4) is 0 Å². The number of methoxy groups -OCH3 is 1. The molecule has 1 aromatic carbocycles. The lowest BCUT2D eigenvalue weighted by Gasteiger charge is -2.23. The summed E-state index contributed by atoms with van der Waals surface area (Å²) in [6.07, 6.45) is -0.0321. The van der Waals surface area contributed by atoms with Crippen LogP contribution in [0.1, 0.15) is 29.4 Å². The summed E-state index contributed by atoms with van der Waals surface area (Å²) in [5, 5.41) is 11.0. The van der Waals surface area contributed by atoms with Crippen LogP contribution in [0.2, 0.25) is 0 Å². The summed E-state index contributed by atoms with van der Waals surface area (Å²) in [5.41, 5.74) is 1.19. The maximum Gasteiger partial charge on any atom is 0.312 e. The van der Waals surface area contributed by atoms with Crippen molar-refractivity contribution in [3.05, 3.63) is 73.9 Å². The summed E-state index contributed by atoms with van der Waals surface area (Å²) in [4.78, 5) is 35.5. The predicted molar refractivity (Wildman–Crippen MR) is 106 cm³/mol. The van der Waals surface area contributed by atoms with Crippen molar-refractivity contribution in [2.45, 2.75) is 19.3 Å². The van der Waals surface area contributed by atoms with Gasteiger partial charge < -0.3 is 18.5 Å². The van der Waals surface area contributed by atoms with Gasteiger partial charge in [0, 0.05) is 24.9 Å². The Morgan fingerprint density at radius 2 is 1.97 bits per heavy atom. The fourth-order valence-corrected chi connectivity index (χ4v) is 3.57. The number of hydrogen-bond donors (Lipinski definition) is 0. The van der Waals surface area contributed by atoms with Gasteiger partial charge in [-0.2, -0.15) is 0 Å². The number of esters is 1. The van der Waals surface area contributed by atoms with E-state index >= 15 is 0 Å². The van der Waals surface area contributed by atoms with Crippen LogP contribution in [0, 0.1) is 17.0 Å². The summed E-state index contributed by atoms with van der Waals surface area (Å²) in [6, 6.07) is 9.21. The number of furan rings is 1. The maximum absolute atomic E-state index is 12.8. The quantitative estimate of drug-likeness (QED) is 0.368. The lowest BCUT2D eigenvalue weighted by Crippen LogP contribution is -2.31. The molecule has 3 heterocycles. The van der Waals surface area contributed by atoms with Crippen LogP contribution in [0.4, 0.5) is 5.69 Å². The average Bonchev–Trinajstić information content (AvgIpc) is 3.20. The van der Waals surface area contributed by atoms with Gasteiger partial charge in [-0.25, -0.2) is 0 Å². The molecule has 0 saturated carbocycles. The molecule has 0 unspecified atom stereocenters. The number of nitrogens with zero attached hydrogens (tertiary/aromatic N) is 2. The van der Waals surface area contributed by atoms with E-state index in [0.29, 0.717) is 28.3 Å². The molecule has 3 aromatic rings. The number of aryl methyl sites for hydroxylation is 1. The van der Waals surface area contributed by atoms with Gasteiger partial charge in [0.2, 0.25) is 0 Å². The van der Waals surface area contributed by atoms with Crippen LogP contribution in [0.5, 0.6) is 11.5 Å². The second-order valence-electron chi connectivity index (χ2n) is 7.00. The molecule has 0 fully saturated rings. The second kappa shape index (κ2) is 7.18. The molecule has 0 amide bonds. The largest absolute Gasteiger partial charge is 0.496 e. The van der Waals surface area contributed by atoms with Gasteiger partial charge in [-0.05, 0) is 25.1 Å². The van der Waals surface area contributed by atoms with Gasteiger partial charge in [0.25, 0.3) is 11.2 Å². The number of rotatable bonds is 4. The van der Waals surface area contributed by atoms with E-state index in [1.165, 1.54) is 29.9 Å². The van der Waals surface area contributed by atoms with Crippen molar-refractivity contribution in [2.75, 3.05) is 7.11 Å². The monoisotopic (exact) mass is 410 g/mol. The number of carbonyl (C=O) groups is 1. The molecular weight excluding hydrogens is 392 g/mol. The third kappa shape index (κ3) is 3.14. The first-order chi connectivity index (χ1) is 14.3. The van der Waals surface area contributed by atoms with Gasteiger partial charge >= 0.3 is 5.97 Å². The van der Waals surface area contributed by atoms with Gasteiger partial charge in [0.1, 0.15) is 23.0 Å². The topological polar surface area (TPSA) is 114 Å². The lowest BCUT2D eigenvalue weighted by atomic mass is 9.91. The number of pyridine rings is 1. The summed E-state index contributed by atoms with van der Waals surface area (Å²) in [5.74, 6) is 0.289. The number of non-ortho nitro benzene ring substituents is 1. The number of aromatic nitrogens is 1. The molecule has 0 bridgehead atoms. The molecule has 154 valence electrons. The van der Waals surface area contributed by atoms with Gasteiger partial charge in [-0.3, -0.25) is 19.7 Å². The highest BCUT2D eigenvalue weighted by Crippen LogP contribution is 2.40. The van der Waals surface area contributed by atoms with Crippen molar-refractivity contribution in [3.63, 3.8) is 0 Å². The normalized spacial score (nSPS) is 15.4. The zero-order valence-electron chi connectivity index (χ0n) is 16.5. The Labute approximate surface area is 170 Å². The molecule has 0 N–H and O–H groups in total.